The van der Waals surface area contributed by atoms with Crippen molar-refractivity contribution in [3.8, 4) is 5.69 Å². The van der Waals surface area contributed by atoms with Gasteiger partial charge >= 0.3 is 0 Å². The normalized spacial score (nSPS) is 10.9. The van der Waals surface area contributed by atoms with E-state index in [1.165, 1.54) is 10.7 Å². The molecule has 0 aliphatic heterocycles. The van der Waals surface area contributed by atoms with E-state index in [0.717, 1.165) is 0 Å². The fraction of sp³-hybridized carbons (Fsp3) is 0. The third kappa shape index (κ3) is 1.41. The molecule has 0 bridgehead atoms. The van der Waals surface area contributed by atoms with Crippen molar-refractivity contribution in [3.05, 3.63) is 58.6 Å². The molecular formula is C13H10FN3O. The molecule has 1 heterocycles. The molecule has 90 valence electrons. The van der Waals surface area contributed by atoms with Gasteiger partial charge in [0.1, 0.15) is 5.82 Å². The number of anilines is 1. The highest BCUT2D eigenvalue weighted by molar-refractivity contribution is 5.90. The van der Waals surface area contributed by atoms with E-state index in [-0.39, 0.29) is 11.2 Å². The number of nitrogen functional groups attached to an aromatic ring is 1. The summed E-state index contributed by atoms with van der Waals surface area (Å²) >= 11 is 0. The van der Waals surface area contributed by atoms with Crippen molar-refractivity contribution >= 4 is 16.6 Å². The molecule has 3 N–H and O–H groups in total. The average Bonchev–Trinajstić information content (AvgIpc) is 2.69. The van der Waals surface area contributed by atoms with Gasteiger partial charge in [-0.3, -0.25) is 9.89 Å². The van der Waals surface area contributed by atoms with Gasteiger partial charge in [-0.15, -0.1) is 0 Å². The van der Waals surface area contributed by atoms with E-state index in [2.05, 4.69) is 5.10 Å². The summed E-state index contributed by atoms with van der Waals surface area (Å²) < 4.78 is 15.1. The van der Waals surface area contributed by atoms with Gasteiger partial charge in [0.15, 0.2) is 0 Å². The molecule has 3 rings (SSSR count). The van der Waals surface area contributed by atoms with Crippen LogP contribution in [0.5, 0.6) is 0 Å². The number of rotatable bonds is 1. The van der Waals surface area contributed by atoms with Crippen LogP contribution in [0.3, 0.4) is 0 Å². The number of hydrogen-bond acceptors (Lipinski definition) is 2. The molecule has 0 saturated heterocycles. The zero-order valence-corrected chi connectivity index (χ0v) is 9.35. The van der Waals surface area contributed by atoms with Crippen LogP contribution in [0, 0.1) is 5.82 Å². The zero-order valence-electron chi connectivity index (χ0n) is 9.35. The molecule has 3 aromatic rings. The SMILES string of the molecule is Nc1cccc2c1c(=O)[nH]n2-c1ccccc1F. The van der Waals surface area contributed by atoms with E-state index in [0.29, 0.717) is 16.6 Å². The molecule has 0 aliphatic rings. The number of hydrogen-bond donors (Lipinski definition) is 2. The molecule has 2 aromatic carbocycles. The second-order valence-electron chi connectivity index (χ2n) is 3.97. The number of nitrogens with zero attached hydrogens (tertiary/aromatic N) is 1. The number of benzene rings is 2. The van der Waals surface area contributed by atoms with Gasteiger partial charge in [-0.2, -0.15) is 0 Å². The molecule has 18 heavy (non-hydrogen) atoms. The Labute approximate surface area is 101 Å². The Hall–Kier alpha value is -2.56. The molecular weight excluding hydrogens is 233 g/mol. The predicted octanol–water partition coefficient (Wildman–Crippen LogP) is 2.04. The number of aromatic nitrogens is 2. The minimum absolute atomic E-state index is 0.287. The molecule has 0 saturated carbocycles. The fourth-order valence-corrected chi connectivity index (χ4v) is 2.03. The molecule has 0 unspecified atom stereocenters. The van der Waals surface area contributed by atoms with Crippen LogP contribution in [0.1, 0.15) is 0 Å². The van der Waals surface area contributed by atoms with Crippen LogP contribution in [0.4, 0.5) is 10.1 Å². The van der Waals surface area contributed by atoms with Crippen LogP contribution >= 0.6 is 0 Å². The van der Waals surface area contributed by atoms with Crippen molar-refractivity contribution in [2.45, 2.75) is 0 Å². The lowest BCUT2D eigenvalue weighted by atomic mass is 10.2. The summed E-state index contributed by atoms with van der Waals surface area (Å²) in [5.41, 5.74) is 6.66. The molecule has 0 radical (unpaired) electrons. The average molecular weight is 243 g/mol. The second-order valence-corrected chi connectivity index (χ2v) is 3.97. The maximum Gasteiger partial charge on any atom is 0.274 e. The first kappa shape index (κ1) is 10.6. The van der Waals surface area contributed by atoms with E-state index >= 15 is 0 Å². The van der Waals surface area contributed by atoms with E-state index in [9.17, 15) is 9.18 Å². The summed E-state index contributed by atoms with van der Waals surface area (Å²) in [6.45, 7) is 0. The lowest BCUT2D eigenvalue weighted by Crippen LogP contribution is -2.05. The van der Waals surface area contributed by atoms with Crippen LogP contribution < -0.4 is 11.3 Å². The summed E-state index contributed by atoms with van der Waals surface area (Å²) in [7, 11) is 0. The molecule has 4 nitrogen and oxygen atoms in total. The maximum absolute atomic E-state index is 13.7. The van der Waals surface area contributed by atoms with Crippen molar-refractivity contribution in [1.29, 1.82) is 0 Å². The van der Waals surface area contributed by atoms with E-state index in [1.54, 1.807) is 36.4 Å². The Morgan fingerprint density at radius 2 is 1.89 bits per heavy atom. The Kier molecular flexibility index (Phi) is 2.19. The van der Waals surface area contributed by atoms with Crippen LogP contribution in [0.15, 0.2) is 47.3 Å². The van der Waals surface area contributed by atoms with Crippen LogP contribution in [0.2, 0.25) is 0 Å². The smallest absolute Gasteiger partial charge is 0.274 e. The van der Waals surface area contributed by atoms with Gasteiger partial charge in [0.2, 0.25) is 0 Å². The minimum Gasteiger partial charge on any atom is -0.398 e. The first-order valence-electron chi connectivity index (χ1n) is 5.42. The minimum atomic E-state index is -0.409. The van der Waals surface area contributed by atoms with Crippen LogP contribution in [-0.2, 0) is 0 Å². The number of nitrogens with two attached hydrogens (primary N) is 1. The number of fused-ring (bicyclic) bond motifs is 1. The van der Waals surface area contributed by atoms with E-state index in [1.807, 2.05) is 0 Å². The topological polar surface area (TPSA) is 63.8 Å². The van der Waals surface area contributed by atoms with Crippen molar-refractivity contribution < 1.29 is 4.39 Å². The monoisotopic (exact) mass is 243 g/mol. The quantitative estimate of drug-likeness (QED) is 0.642. The summed E-state index contributed by atoms with van der Waals surface area (Å²) in [4.78, 5) is 11.8. The Bertz CT molecular complexity index is 788. The standard InChI is InChI=1S/C13H10FN3O/c14-8-4-1-2-6-10(8)17-11-7-3-5-9(15)12(11)13(18)16-17/h1-7H,15H2,(H,16,18). The van der Waals surface area contributed by atoms with Gasteiger partial charge in [-0.05, 0) is 24.3 Å². The summed E-state index contributed by atoms with van der Waals surface area (Å²) in [5, 5.41) is 2.97. The Balaban J connectivity index is 2.42. The van der Waals surface area contributed by atoms with Gasteiger partial charge in [-0.25, -0.2) is 9.07 Å². The zero-order chi connectivity index (χ0) is 12.7. The third-order valence-electron chi connectivity index (χ3n) is 2.85. The van der Waals surface area contributed by atoms with E-state index < -0.39 is 5.82 Å². The van der Waals surface area contributed by atoms with Gasteiger partial charge < -0.3 is 5.73 Å². The molecule has 0 aliphatic carbocycles. The highest BCUT2D eigenvalue weighted by Crippen LogP contribution is 2.21. The third-order valence-corrected chi connectivity index (χ3v) is 2.85. The van der Waals surface area contributed by atoms with Crippen molar-refractivity contribution in [2.24, 2.45) is 0 Å². The van der Waals surface area contributed by atoms with Gasteiger partial charge in [-0.1, -0.05) is 18.2 Å². The second kappa shape index (κ2) is 3.73. The fourth-order valence-electron chi connectivity index (χ4n) is 2.03. The molecule has 0 atom stereocenters. The predicted molar refractivity (Wildman–Crippen MR) is 68.3 cm³/mol. The largest absolute Gasteiger partial charge is 0.398 e. The molecule has 0 amide bonds. The van der Waals surface area contributed by atoms with Crippen molar-refractivity contribution in [3.63, 3.8) is 0 Å². The first-order chi connectivity index (χ1) is 8.68. The van der Waals surface area contributed by atoms with Crippen molar-refractivity contribution in [2.75, 3.05) is 5.73 Å². The van der Waals surface area contributed by atoms with Gasteiger partial charge in [0.05, 0.1) is 16.6 Å². The van der Waals surface area contributed by atoms with Crippen molar-refractivity contribution in [1.82, 2.24) is 9.78 Å². The Morgan fingerprint density at radius 1 is 1.11 bits per heavy atom. The highest BCUT2D eigenvalue weighted by atomic mass is 19.1. The van der Waals surface area contributed by atoms with Crippen LogP contribution in [0.25, 0.3) is 16.6 Å². The number of aromatic amines is 1. The number of H-pyrrole nitrogens is 1. The van der Waals surface area contributed by atoms with Crippen LogP contribution in [-0.4, -0.2) is 9.78 Å². The van der Waals surface area contributed by atoms with Gasteiger partial charge in [0, 0.05) is 5.69 Å². The number of para-hydroxylation sites is 1. The lowest BCUT2D eigenvalue weighted by molar-refractivity contribution is 0.612. The lowest BCUT2D eigenvalue weighted by Gasteiger charge is -2.05. The van der Waals surface area contributed by atoms with Gasteiger partial charge in [0.25, 0.3) is 5.56 Å². The highest BCUT2D eigenvalue weighted by Gasteiger charge is 2.12. The molecule has 5 heteroatoms. The summed E-state index contributed by atoms with van der Waals surface area (Å²) in [5.74, 6) is -0.409. The molecule has 0 fully saturated rings. The summed E-state index contributed by atoms with van der Waals surface area (Å²) in [6, 6.07) is 11.3. The summed E-state index contributed by atoms with van der Waals surface area (Å²) in [6.07, 6.45) is 0. The molecule has 1 aromatic heterocycles. The first-order valence-corrected chi connectivity index (χ1v) is 5.42. The maximum atomic E-state index is 13.7. The van der Waals surface area contributed by atoms with E-state index in [4.69, 9.17) is 5.73 Å². The molecule has 0 spiro atoms. The number of halogens is 1. The Morgan fingerprint density at radius 3 is 2.67 bits per heavy atom. The number of nitrogens with one attached hydrogen (secondary N) is 1.